The van der Waals surface area contributed by atoms with Crippen LogP contribution in [0, 0.1) is 0 Å². The van der Waals surface area contributed by atoms with Crippen molar-refractivity contribution in [1.82, 2.24) is 21.3 Å². The monoisotopic (exact) mass is 523 g/mol. The molecule has 30 heavy (non-hydrogen) atoms. The van der Waals surface area contributed by atoms with Gasteiger partial charge in [-0.05, 0) is 36.1 Å². The zero-order valence-electron chi connectivity index (χ0n) is 17.4. The van der Waals surface area contributed by atoms with Crippen LogP contribution in [0.2, 0.25) is 0 Å². The van der Waals surface area contributed by atoms with E-state index in [1.165, 1.54) is 5.56 Å². The van der Waals surface area contributed by atoms with Crippen molar-refractivity contribution in [3.63, 3.8) is 0 Å². The van der Waals surface area contributed by atoms with Crippen LogP contribution in [0.1, 0.15) is 21.5 Å². The van der Waals surface area contributed by atoms with Crippen molar-refractivity contribution in [3.05, 3.63) is 71.3 Å². The smallest absolute Gasteiger partial charge is 0.251 e. The van der Waals surface area contributed by atoms with Crippen molar-refractivity contribution in [2.24, 2.45) is 4.99 Å². The molecule has 0 saturated heterocycles. The van der Waals surface area contributed by atoms with E-state index in [4.69, 9.17) is 0 Å². The summed E-state index contributed by atoms with van der Waals surface area (Å²) in [6.07, 6.45) is 1.53. The molecule has 0 fully saturated rings. The molecule has 0 heterocycles. The van der Waals surface area contributed by atoms with Gasteiger partial charge in [0.2, 0.25) is 5.91 Å². The number of amides is 2. The van der Waals surface area contributed by atoms with Crippen LogP contribution < -0.4 is 21.3 Å². The molecule has 0 bridgehead atoms. The average molecular weight is 523 g/mol. The molecule has 2 aromatic carbocycles. The number of aliphatic imine (C=N–C) groups is 1. The third-order valence-electron chi connectivity index (χ3n) is 4.34. The van der Waals surface area contributed by atoms with Gasteiger partial charge in [-0.1, -0.05) is 42.5 Å². The third kappa shape index (κ3) is 9.25. The van der Waals surface area contributed by atoms with Crippen LogP contribution >= 0.6 is 24.0 Å². The standard InChI is InChI=1S/C22H29N5O2.HI/c1-23-21(29)19-10-6-9-18(15-19)12-14-26-22(24-2)27-16-20(28)25-13-11-17-7-4-3-5-8-17;/h3-10,15H,11-14,16H2,1-2H3,(H,23,29)(H,25,28)(H2,24,26,27);1H. The topological polar surface area (TPSA) is 94.6 Å². The molecule has 0 saturated carbocycles. The lowest BCUT2D eigenvalue weighted by Gasteiger charge is -2.12. The lowest BCUT2D eigenvalue weighted by molar-refractivity contribution is -0.119. The van der Waals surface area contributed by atoms with Gasteiger partial charge in [0.15, 0.2) is 5.96 Å². The molecule has 0 aliphatic carbocycles. The van der Waals surface area contributed by atoms with Crippen molar-refractivity contribution < 1.29 is 9.59 Å². The molecular formula is C22H30IN5O2. The maximum absolute atomic E-state index is 12.0. The minimum absolute atomic E-state index is 0. The van der Waals surface area contributed by atoms with E-state index in [1.807, 2.05) is 48.5 Å². The zero-order chi connectivity index (χ0) is 20.9. The highest BCUT2D eigenvalue weighted by molar-refractivity contribution is 14.0. The van der Waals surface area contributed by atoms with Gasteiger partial charge in [0.05, 0.1) is 6.54 Å². The maximum atomic E-state index is 12.0. The maximum Gasteiger partial charge on any atom is 0.251 e. The highest BCUT2D eigenvalue weighted by Crippen LogP contribution is 2.05. The SMILES string of the molecule is CN=C(NCCc1cccc(C(=O)NC)c1)NCC(=O)NCCc1ccccc1.I. The quantitative estimate of drug-likeness (QED) is 0.229. The van der Waals surface area contributed by atoms with E-state index in [9.17, 15) is 9.59 Å². The van der Waals surface area contributed by atoms with Gasteiger partial charge >= 0.3 is 0 Å². The van der Waals surface area contributed by atoms with Gasteiger partial charge in [-0.15, -0.1) is 24.0 Å². The van der Waals surface area contributed by atoms with Crippen LogP contribution in [0.4, 0.5) is 0 Å². The van der Waals surface area contributed by atoms with Gasteiger partial charge in [-0.25, -0.2) is 0 Å². The molecule has 162 valence electrons. The van der Waals surface area contributed by atoms with Crippen molar-refractivity contribution in [2.75, 3.05) is 33.7 Å². The van der Waals surface area contributed by atoms with Gasteiger partial charge in [-0.2, -0.15) is 0 Å². The van der Waals surface area contributed by atoms with Crippen LogP contribution in [0.3, 0.4) is 0 Å². The molecule has 2 rings (SSSR count). The first-order chi connectivity index (χ1) is 14.1. The largest absolute Gasteiger partial charge is 0.356 e. The summed E-state index contributed by atoms with van der Waals surface area (Å²) in [4.78, 5) is 27.8. The van der Waals surface area contributed by atoms with Gasteiger partial charge < -0.3 is 21.3 Å². The molecule has 0 spiro atoms. The minimum Gasteiger partial charge on any atom is -0.356 e. The Kier molecular flexibility index (Phi) is 12.2. The summed E-state index contributed by atoms with van der Waals surface area (Å²) in [5.41, 5.74) is 2.88. The second-order valence-corrected chi connectivity index (χ2v) is 6.47. The first-order valence-electron chi connectivity index (χ1n) is 9.68. The van der Waals surface area contributed by atoms with Gasteiger partial charge in [0.25, 0.3) is 5.91 Å². The van der Waals surface area contributed by atoms with E-state index < -0.39 is 0 Å². The Balaban J connectivity index is 0.00000450. The summed E-state index contributed by atoms with van der Waals surface area (Å²) >= 11 is 0. The number of carbonyl (C=O) groups is 2. The number of benzene rings is 2. The summed E-state index contributed by atoms with van der Waals surface area (Å²) < 4.78 is 0. The normalized spacial score (nSPS) is 10.5. The number of halogens is 1. The fourth-order valence-corrected chi connectivity index (χ4v) is 2.78. The van der Waals surface area contributed by atoms with Gasteiger partial charge in [0, 0.05) is 32.7 Å². The third-order valence-corrected chi connectivity index (χ3v) is 4.34. The van der Waals surface area contributed by atoms with E-state index in [-0.39, 0.29) is 42.3 Å². The molecular weight excluding hydrogens is 493 g/mol. The molecule has 2 amide bonds. The summed E-state index contributed by atoms with van der Waals surface area (Å²) in [5.74, 6) is 0.378. The highest BCUT2D eigenvalue weighted by atomic mass is 127. The summed E-state index contributed by atoms with van der Waals surface area (Å²) in [6.45, 7) is 1.38. The Bertz CT molecular complexity index is 827. The number of rotatable bonds is 9. The second-order valence-electron chi connectivity index (χ2n) is 6.47. The van der Waals surface area contributed by atoms with E-state index >= 15 is 0 Å². The Morgan fingerprint density at radius 1 is 0.867 bits per heavy atom. The molecule has 8 heteroatoms. The number of nitrogens with one attached hydrogen (secondary N) is 4. The number of hydrogen-bond acceptors (Lipinski definition) is 3. The summed E-state index contributed by atoms with van der Waals surface area (Å²) in [6, 6.07) is 17.5. The van der Waals surface area contributed by atoms with E-state index in [1.54, 1.807) is 20.2 Å². The molecule has 4 N–H and O–H groups in total. The second kappa shape index (κ2) is 14.4. The van der Waals surface area contributed by atoms with Crippen LogP contribution in [0.15, 0.2) is 59.6 Å². The van der Waals surface area contributed by atoms with E-state index in [0.29, 0.717) is 24.6 Å². The first-order valence-corrected chi connectivity index (χ1v) is 9.68. The zero-order valence-corrected chi connectivity index (χ0v) is 19.7. The molecule has 0 unspecified atom stereocenters. The minimum atomic E-state index is -0.101. The predicted octanol–water partition coefficient (Wildman–Crippen LogP) is 1.73. The van der Waals surface area contributed by atoms with Crippen LogP contribution in [-0.2, 0) is 17.6 Å². The van der Waals surface area contributed by atoms with E-state index in [0.717, 1.165) is 18.4 Å². The fourth-order valence-electron chi connectivity index (χ4n) is 2.78. The highest BCUT2D eigenvalue weighted by Gasteiger charge is 2.05. The van der Waals surface area contributed by atoms with Gasteiger partial charge in [0.1, 0.15) is 0 Å². The lowest BCUT2D eigenvalue weighted by atomic mass is 10.1. The first kappa shape index (κ1) is 25.4. The van der Waals surface area contributed by atoms with Crippen LogP contribution in [-0.4, -0.2) is 51.5 Å². The number of hydrogen-bond donors (Lipinski definition) is 4. The number of nitrogens with zero attached hydrogens (tertiary/aromatic N) is 1. The van der Waals surface area contributed by atoms with Crippen molar-refractivity contribution >= 4 is 41.8 Å². The van der Waals surface area contributed by atoms with E-state index in [2.05, 4.69) is 26.3 Å². The summed E-state index contributed by atoms with van der Waals surface area (Å²) in [5, 5.41) is 11.7. The Labute approximate surface area is 195 Å². The van der Waals surface area contributed by atoms with Gasteiger partial charge in [-0.3, -0.25) is 14.6 Å². The Morgan fingerprint density at radius 2 is 1.53 bits per heavy atom. The lowest BCUT2D eigenvalue weighted by Crippen LogP contribution is -2.44. The van der Waals surface area contributed by atoms with Crippen LogP contribution in [0.25, 0.3) is 0 Å². The molecule has 0 aliphatic rings. The van der Waals surface area contributed by atoms with Crippen molar-refractivity contribution in [2.45, 2.75) is 12.8 Å². The molecule has 0 atom stereocenters. The molecule has 7 nitrogen and oxygen atoms in total. The molecule has 0 aliphatic heterocycles. The Hall–Kier alpha value is -2.62. The fraction of sp³-hybridized carbons (Fsp3) is 0.318. The predicted molar refractivity (Wildman–Crippen MR) is 131 cm³/mol. The molecule has 0 aromatic heterocycles. The molecule has 0 radical (unpaired) electrons. The number of carbonyl (C=O) groups excluding carboxylic acids is 2. The Morgan fingerprint density at radius 3 is 2.23 bits per heavy atom. The molecule has 2 aromatic rings. The van der Waals surface area contributed by atoms with Crippen LogP contribution in [0.5, 0.6) is 0 Å². The van der Waals surface area contributed by atoms with Crippen molar-refractivity contribution in [1.29, 1.82) is 0 Å². The number of guanidine groups is 1. The van der Waals surface area contributed by atoms with Crippen molar-refractivity contribution in [3.8, 4) is 0 Å². The average Bonchev–Trinajstić information content (AvgIpc) is 2.76. The summed E-state index contributed by atoms with van der Waals surface area (Å²) in [7, 11) is 3.28.